The maximum atomic E-state index is 13.7. The van der Waals surface area contributed by atoms with Crippen LogP contribution in [0.1, 0.15) is 23.1 Å². The van der Waals surface area contributed by atoms with Gasteiger partial charge in [0.25, 0.3) is 5.91 Å². The summed E-state index contributed by atoms with van der Waals surface area (Å²) in [6.07, 6.45) is 0. The number of anilines is 1. The number of benzene rings is 2. The van der Waals surface area contributed by atoms with E-state index in [1.54, 1.807) is 28.8 Å². The molecule has 0 atom stereocenters. The van der Waals surface area contributed by atoms with E-state index < -0.39 is 11.7 Å². The van der Waals surface area contributed by atoms with Gasteiger partial charge >= 0.3 is 0 Å². The van der Waals surface area contributed by atoms with Crippen LogP contribution in [0.3, 0.4) is 0 Å². The number of hydrogen-bond acceptors (Lipinski definition) is 5. The molecule has 0 spiro atoms. The van der Waals surface area contributed by atoms with E-state index in [4.69, 9.17) is 23.2 Å². The number of hydrogen-bond donors (Lipinski definition) is 2. The molecule has 0 unspecified atom stereocenters. The predicted molar refractivity (Wildman–Crippen MR) is 119 cm³/mol. The van der Waals surface area contributed by atoms with Crippen molar-refractivity contribution >= 4 is 52.5 Å². The summed E-state index contributed by atoms with van der Waals surface area (Å²) in [5, 5.41) is 14.9. The smallest absolute Gasteiger partial charge is 0.254 e. The number of aromatic nitrogens is 3. The highest BCUT2D eigenvalue weighted by Crippen LogP contribution is 2.26. The fraction of sp³-hybridized carbons (Fsp3) is 0.200. The van der Waals surface area contributed by atoms with E-state index in [2.05, 4.69) is 20.8 Å². The summed E-state index contributed by atoms with van der Waals surface area (Å²) in [5.41, 5.74) is 0.379. The first kappa shape index (κ1) is 23.1. The van der Waals surface area contributed by atoms with Crippen LogP contribution in [-0.2, 0) is 17.9 Å². The molecule has 0 aliphatic rings. The Morgan fingerprint density at radius 2 is 1.94 bits per heavy atom. The lowest BCUT2D eigenvalue weighted by molar-refractivity contribution is -0.113. The molecule has 2 N–H and O–H groups in total. The molecule has 0 fully saturated rings. The second kappa shape index (κ2) is 10.6. The number of rotatable bonds is 8. The number of carbonyl (C=O) groups is 2. The zero-order valence-corrected chi connectivity index (χ0v) is 18.7. The monoisotopic (exact) mass is 481 g/mol. The van der Waals surface area contributed by atoms with Crippen molar-refractivity contribution in [3.05, 3.63) is 69.7 Å². The number of carbonyl (C=O) groups excluding carboxylic acids is 2. The largest absolute Gasteiger partial charge is 0.345 e. The Morgan fingerprint density at radius 1 is 1.16 bits per heavy atom. The average molecular weight is 482 g/mol. The molecule has 3 rings (SSSR count). The van der Waals surface area contributed by atoms with Gasteiger partial charge in [0.05, 0.1) is 28.6 Å². The van der Waals surface area contributed by atoms with Crippen molar-refractivity contribution in [3.8, 4) is 0 Å². The van der Waals surface area contributed by atoms with Gasteiger partial charge in [-0.05, 0) is 37.3 Å². The molecule has 162 valence electrons. The van der Waals surface area contributed by atoms with Crippen LogP contribution in [-0.4, -0.2) is 32.3 Å². The Labute approximate surface area is 192 Å². The molecular weight excluding hydrogens is 464 g/mol. The fourth-order valence-corrected chi connectivity index (χ4v) is 3.84. The average Bonchev–Trinajstić information content (AvgIpc) is 3.15. The molecule has 0 aliphatic heterocycles. The second-order valence-electron chi connectivity index (χ2n) is 6.27. The minimum atomic E-state index is -0.598. The molecule has 1 aromatic heterocycles. The van der Waals surface area contributed by atoms with Gasteiger partial charge in [-0.1, -0.05) is 47.1 Å². The molecule has 1 heterocycles. The quantitative estimate of drug-likeness (QED) is 0.465. The van der Waals surface area contributed by atoms with E-state index in [1.807, 2.05) is 6.92 Å². The molecule has 0 bridgehead atoms. The van der Waals surface area contributed by atoms with Crippen LogP contribution in [0, 0.1) is 5.82 Å². The summed E-state index contributed by atoms with van der Waals surface area (Å²) >= 11 is 13.2. The summed E-state index contributed by atoms with van der Waals surface area (Å²) in [4.78, 5) is 24.5. The highest BCUT2D eigenvalue weighted by Gasteiger charge is 2.16. The van der Waals surface area contributed by atoms with Gasteiger partial charge in [-0.15, -0.1) is 10.2 Å². The van der Waals surface area contributed by atoms with Crippen LogP contribution >= 0.6 is 35.0 Å². The first-order chi connectivity index (χ1) is 14.9. The lowest BCUT2D eigenvalue weighted by Gasteiger charge is -2.10. The Balaban J connectivity index is 1.59. The van der Waals surface area contributed by atoms with Crippen LogP contribution < -0.4 is 10.6 Å². The van der Waals surface area contributed by atoms with E-state index >= 15 is 0 Å². The maximum absolute atomic E-state index is 13.7. The molecule has 3 aromatic rings. The molecule has 11 heteroatoms. The Bertz CT molecular complexity index is 1110. The molecule has 0 aliphatic carbocycles. The van der Waals surface area contributed by atoms with Crippen LogP contribution in [0.2, 0.25) is 10.0 Å². The third-order valence-corrected chi connectivity index (χ3v) is 5.70. The van der Waals surface area contributed by atoms with Crippen LogP contribution in [0.5, 0.6) is 0 Å². The lowest BCUT2D eigenvalue weighted by atomic mass is 10.2. The van der Waals surface area contributed by atoms with Gasteiger partial charge in [-0.2, -0.15) is 0 Å². The van der Waals surface area contributed by atoms with Gasteiger partial charge in [-0.3, -0.25) is 9.59 Å². The first-order valence-electron chi connectivity index (χ1n) is 9.21. The minimum Gasteiger partial charge on any atom is -0.345 e. The van der Waals surface area contributed by atoms with E-state index in [-0.39, 0.29) is 23.8 Å². The standard InChI is InChI=1S/C20H18Cl2FN5O2S/c1-2-28-17(10-24-19(30)13-5-3-4-6-15(13)23)26-27-20(28)31-11-18(29)25-16-9-12(21)7-8-14(16)22/h3-9H,2,10-11H2,1H3,(H,24,30)(H,25,29). The Hall–Kier alpha value is -2.62. The van der Waals surface area contributed by atoms with Crippen LogP contribution in [0.25, 0.3) is 0 Å². The van der Waals surface area contributed by atoms with Gasteiger partial charge < -0.3 is 15.2 Å². The lowest BCUT2D eigenvalue weighted by Crippen LogP contribution is -2.25. The van der Waals surface area contributed by atoms with Gasteiger partial charge in [0.15, 0.2) is 11.0 Å². The van der Waals surface area contributed by atoms with Gasteiger partial charge in [-0.25, -0.2) is 4.39 Å². The van der Waals surface area contributed by atoms with E-state index in [1.165, 1.54) is 30.0 Å². The molecule has 2 aromatic carbocycles. The highest BCUT2D eigenvalue weighted by molar-refractivity contribution is 7.99. The third kappa shape index (κ3) is 5.96. The van der Waals surface area contributed by atoms with Crippen LogP contribution in [0.4, 0.5) is 10.1 Å². The second-order valence-corrected chi connectivity index (χ2v) is 8.05. The van der Waals surface area contributed by atoms with E-state index in [0.29, 0.717) is 33.3 Å². The van der Waals surface area contributed by atoms with Gasteiger partial charge in [0, 0.05) is 11.6 Å². The summed E-state index contributed by atoms with van der Waals surface area (Å²) < 4.78 is 15.5. The van der Waals surface area contributed by atoms with Crippen molar-refractivity contribution in [2.75, 3.05) is 11.1 Å². The van der Waals surface area contributed by atoms with Crippen molar-refractivity contribution in [2.45, 2.75) is 25.2 Å². The summed E-state index contributed by atoms with van der Waals surface area (Å²) in [5.74, 6) is -0.861. The number of amides is 2. The van der Waals surface area contributed by atoms with Crippen LogP contribution in [0.15, 0.2) is 47.6 Å². The highest BCUT2D eigenvalue weighted by atomic mass is 35.5. The Kier molecular flexibility index (Phi) is 7.89. The fourth-order valence-electron chi connectivity index (χ4n) is 2.68. The van der Waals surface area contributed by atoms with E-state index in [9.17, 15) is 14.0 Å². The minimum absolute atomic E-state index is 0.0454. The van der Waals surface area contributed by atoms with Crippen molar-refractivity contribution in [3.63, 3.8) is 0 Å². The molecule has 7 nitrogen and oxygen atoms in total. The molecule has 0 radical (unpaired) electrons. The SMILES string of the molecule is CCn1c(CNC(=O)c2ccccc2F)nnc1SCC(=O)Nc1cc(Cl)ccc1Cl. The van der Waals surface area contributed by atoms with Crippen molar-refractivity contribution in [1.82, 2.24) is 20.1 Å². The predicted octanol–water partition coefficient (Wildman–Crippen LogP) is 4.40. The molecule has 0 saturated carbocycles. The molecule has 31 heavy (non-hydrogen) atoms. The van der Waals surface area contributed by atoms with E-state index in [0.717, 1.165) is 0 Å². The number of thioether (sulfide) groups is 1. The van der Waals surface area contributed by atoms with Crippen molar-refractivity contribution in [1.29, 1.82) is 0 Å². The zero-order valence-electron chi connectivity index (χ0n) is 16.4. The summed E-state index contributed by atoms with van der Waals surface area (Å²) in [6, 6.07) is 10.5. The first-order valence-corrected chi connectivity index (χ1v) is 11.0. The summed E-state index contributed by atoms with van der Waals surface area (Å²) in [6.45, 7) is 2.49. The Morgan fingerprint density at radius 3 is 2.68 bits per heavy atom. The number of nitrogens with zero attached hydrogens (tertiary/aromatic N) is 3. The topological polar surface area (TPSA) is 88.9 Å². The zero-order chi connectivity index (χ0) is 22.4. The summed E-state index contributed by atoms with van der Waals surface area (Å²) in [7, 11) is 0. The van der Waals surface area contributed by atoms with Crippen molar-refractivity contribution < 1.29 is 14.0 Å². The van der Waals surface area contributed by atoms with Crippen molar-refractivity contribution in [2.24, 2.45) is 0 Å². The molecular formula is C20H18Cl2FN5O2S. The third-order valence-electron chi connectivity index (χ3n) is 4.17. The number of halogens is 3. The van der Waals surface area contributed by atoms with Gasteiger partial charge in [0.1, 0.15) is 5.82 Å². The normalized spacial score (nSPS) is 10.7. The van der Waals surface area contributed by atoms with Gasteiger partial charge in [0.2, 0.25) is 5.91 Å². The maximum Gasteiger partial charge on any atom is 0.254 e. The molecule has 2 amide bonds. The molecule has 0 saturated heterocycles. The number of nitrogens with one attached hydrogen (secondary N) is 2.